The van der Waals surface area contributed by atoms with Crippen molar-refractivity contribution >= 4 is 0 Å². The summed E-state index contributed by atoms with van der Waals surface area (Å²) in [6.07, 6.45) is 5.27. The van der Waals surface area contributed by atoms with E-state index in [4.69, 9.17) is 5.26 Å². The van der Waals surface area contributed by atoms with E-state index in [-0.39, 0.29) is 0 Å². The first-order valence-electron chi connectivity index (χ1n) is 6.05. The summed E-state index contributed by atoms with van der Waals surface area (Å²) in [4.78, 5) is 4.25. The Bertz CT molecular complexity index is 468. The Morgan fingerprint density at radius 1 is 1.41 bits per heavy atom. The molecule has 88 valence electrons. The van der Waals surface area contributed by atoms with Gasteiger partial charge in [-0.25, -0.2) is 0 Å². The molecule has 4 nitrogen and oxygen atoms in total. The molecule has 3 rings (SSSR count). The Labute approximate surface area is 100 Å². The molecule has 2 N–H and O–H groups in total. The van der Waals surface area contributed by atoms with Crippen molar-refractivity contribution < 1.29 is 5.11 Å². The molecule has 0 spiro atoms. The molecule has 3 heterocycles. The van der Waals surface area contributed by atoms with Gasteiger partial charge in [-0.15, -0.1) is 0 Å². The number of nitrogens with one attached hydrogen (secondary N) is 1. The third kappa shape index (κ3) is 1.82. The maximum absolute atomic E-state index is 10.7. The van der Waals surface area contributed by atoms with Gasteiger partial charge in [0.05, 0.1) is 17.3 Å². The lowest BCUT2D eigenvalue weighted by Gasteiger charge is -2.36. The molecule has 2 bridgehead atoms. The van der Waals surface area contributed by atoms with Crippen molar-refractivity contribution in [1.82, 2.24) is 10.3 Å². The molecule has 2 aliphatic rings. The zero-order valence-electron chi connectivity index (χ0n) is 9.56. The number of aromatic nitrogens is 1. The average Bonchev–Trinajstić information content (AvgIpc) is 2.69. The molecule has 0 radical (unpaired) electrons. The standard InChI is InChI=1S/C13H15N3O/c14-8-9-3-4-15-12(5-9)13(17)6-10-1-2-11(7-13)16-10/h3-5,10-11,16-17H,1-2,6-7H2. The van der Waals surface area contributed by atoms with Crippen LogP contribution >= 0.6 is 0 Å². The first kappa shape index (κ1) is 10.7. The molecule has 0 aliphatic carbocycles. The molecule has 2 fully saturated rings. The molecule has 1 aromatic heterocycles. The highest BCUT2D eigenvalue weighted by atomic mass is 16.3. The number of fused-ring (bicyclic) bond motifs is 2. The van der Waals surface area contributed by atoms with E-state index in [1.54, 1.807) is 18.3 Å². The Hall–Kier alpha value is -1.44. The fourth-order valence-corrected chi connectivity index (χ4v) is 3.09. The molecule has 2 atom stereocenters. The highest BCUT2D eigenvalue weighted by molar-refractivity contribution is 5.31. The van der Waals surface area contributed by atoms with Gasteiger partial charge in [0, 0.05) is 18.3 Å². The highest BCUT2D eigenvalue weighted by Gasteiger charge is 2.44. The number of aliphatic hydroxyl groups is 1. The summed E-state index contributed by atoms with van der Waals surface area (Å²) in [6.45, 7) is 0. The third-order valence-corrected chi connectivity index (χ3v) is 3.87. The molecule has 17 heavy (non-hydrogen) atoms. The highest BCUT2D eigenvalue weighted by Crippen LogP contribution is 2.39. The minimum absolute atomic E-state index is 0.395. The van der Waals surface area contributed by atoms with Crippen LogP contribution in [0.3, 0.4) is 0 Å². The predicted octanol–water partition coefficient (Wildman–Crippen LogP) is 1.06. The van der Waals surface area contributed by atoms with E-state index in [0.717, 1.165) is 12.8 Å². The van der Waals surface area contributed by atoms with Crippen molar-refractivity contribution in [2.75, 3.05) is 0 Å². The van der Waals surface area contributed by atoms with E-state index in [1.807, 2.05) is 0 Å². The molecule has 1 aromatic rings. The van der Waals surface area contributed by atoms with Crippen LogP contribution in [-0.2, 0) is 5.60 Å². The number of hydrogen-bond acceptors (Lipinski definition) is 4. The van der Waals surface area contributed by atoms with E-state index >= 15 is 0 Å². The van der Waals surface area contributed by atoms with Gasteiger partial charge in [-0.3, -0.25) is 4.98 Å². The normalized spacial score (nSPS) is 35.5. The lowest BCUT2D eigenvalue weighted by Crippen LogP contribution is -2.47. The van der Waals surface area contributed by atoms with Gasteiger partial charge in [-0.1, -0.05) is 0 Å². The van der Waals surface area contributed by atoms with Gasteiger partial charge in [0.25, 0.3) is 0 Å². The van der Waals surface area contributed by atoms with Gasteiger partial charge in [0.15, 0.2) is 0 Å². The fraction of sp³-hybridized carbons (Fsp3) is 0.538. The molecule has 2 aliphatic heterocycles. The van der Waals surface area contributed by atoms with E-state index in [1.165, 1.54) is 0 Å². The lowest BCUT2D eigenvalue weighted by atomic mass is 9.84. The average molecular weight is 229 g/mol. The molecule has 0 saturated carbocycles. The van der Waals surface area contributed by atoms with Crippen LogP contribution in [0.4, 0.5) is 0 Å². The van der Waals surface area contributed by atoms with Crippen molar-refractivity contribution in [3.05, 3.63) is 29.6 Å². The van der Waals surface area contributed by atoms with Gasteiger partial charge in [-0.05, 0) is 37.8 Å². The maximum atomic E-state index is 10.7. The van der Waals surface area contributed by atoms with E-state index < -0.39 is 5.60 Å². The summed E-state index contributed by atoms with van der Waals surface area (Å²) in [6, 6.07) is 6.27. The van der Waals surface area contributed by atoms with Crippen molar-refractivity contribution in [3.63, 3.8) is 0 Å². The topological polar surface area (TPSA) is 68.9 Å². The third-order valence-electron chi connectivity index (χ3n) is 3.87. The summed E-state index contributed by atoms with van der Waals surface area (Å²) in [5.74, 6) is 0. The monoisotopic (exact) mass is 229 g/mol. The van der Waals surface area contributed by atoms with Crippen molar-refractivity contribution in [3.8, 4) is 6.07 Å². The zero-order chi connectivity index (χ0) is 11.9. The molecule has 0 aromatic carbocycles. The number of nitrogens with zero attached hydrogens (tertiary/aromatic N) is 2. The summed E-state index contributed by atoms with van der Waals surface area (Å²) in [5.41, 5.74) is 0.355. The number of rotatable bonds is 1. The van der Waals surface area contributed by atoms with E-state index in [9.17, 15) is 5.11 Å². The number of pyridine rings is 1. The van der Waals surface area contributed by atoms with Crippen molar-refractivity contribution in [1.29, 1.82) is 5.26 Å². The Morgan fingerprint density at radius 2 is 2.12 bits per heavy atom. The summed E-state index contributed by atoms with van der Waals surface area (Å²) >= 11 is 0. The Kier molecular flexibility index (Phi) is 2.39. The van der Waals surface area contributed by atoms with Gasteiger partial charge < -0.3 is 10.4 Å². The smallest absolute Gasteiger partial charge is 0.109 e. The second-order valence-electron chi connectivity index (χ2n) is 5.12. The zero-order valence-corrected chi connectivity index (χ0v) is 9.56. The van der Waals surface area contributed by atoms with Crippen LogP contribution in [0.2, 0.25) is 0 Å². The van der Waals surface area contributed by atoms with Crippen molar-refractivity contribution in [2.45, 2.75) is 43.4 Å². The summed E-state index contributed by atoms with van der Waals surface area (Å²) < 4.78 is 0. The lowest BCUT2D eigenvalue weighted by molar-refractivity contribution is -0.0153. The first-order chi connectivity index (χ1) is 8.19. The second-order valence-corrected chi connectivity index (χ2v) is 5.12. The van der Waals surface area contributed by atoms with Crippen LogP contribution < -0.4 is 5.32 Å². The molecule has 2 saturated heterocycles. The van der Waals surface area contributed by atoms with Crippen LogP contribution in [-0.4, -0.2) is 22.2 Å². The number of nitriles is 1. The maximum Gasteiger partial charge on any atom is 0.109 e. The molecular weight excluding hydrogens is 214 g/mol. The summed E-state index contributed by atoms with van der Waals surface area (Å²) in [5, 5.41) is 23.1. The molecular formula is C13H15N3O. The SMILES string of the molecule is N#Cc1ccnc(C2(O)CC3CCC(C2)N3)c1. The number of piperidine rings is 1. The van der Waals surface area contributed by atoms with E-state index in [0.29, 0.717) is 36.2 Å². The van der Waals surface area contributed by atoms with Crippen LogP contribution in [0.25, 0.3) is 0 Å². The van der Waals surface area contributed by atoms with Gasteiger partial charge in [-0.2, -0.15) is 5.26 Å². The van der Waals surface area contributed by atoms with Gasteiger partial charge in [0.2, 0.25) is 0 Å². The van der Waals surface area contributed by atoms with Crippen molar-refractivity contribution in [2.24, 2.45) is 0 Å². The quantitative estimate of drug-likeness (QED) is 0.755. The minimum atomic E-state index is -0.857. The molecule has 0 amide bonds. The molecule has 2 unspecified atom stereocenters. The van der Waals surface area contributed by atoms with Crippen LogP contribution in [0.15, 0.2) is 18.3 Å². The minimum Gasteiger partial charge on any atom is -0.383 e. The van der Waals surface area contributed by atoms with Crippen LogP contribution in [0.1, 0.15) is 36.9 Å². The van der Waals surface area contributed by atoms with Gasteiger partial charge in [0.1, 0.15) is 5.60 Å². The fourth-order valence-electron chi connectivity index (χ4n) is 3.09. The van der Waals surface area contributed by atoms with Crippen LogP contribution in [0, 0.1) is 11.3 Å². The number of hydrogen-bond donors (Lipinski definition) is 2. The van der Waals surface area contributed by atoms with Gasteiger partial charge >= 0.3 is 0 Å². The Morgan fingerprint density at radius 3 is 2.76 bits per heavy atom. The first-order valence-corrected chi connectivity index (χ1v) is 6.05. The predicted molar refractivity (Wildman–Crippen MR) is 62.0 cm³/mol. The largest absolute Gasteiger partial charge is 0.383 e. The Balaban J connectivity index is 1.94. The summed E-state index contributed by atoms with van der Waals surface area (Å²) in [7, 11) is 0. The second kappa shape index (κ2) is 3.80. The van der Waals surface area contributed by atoms with E-state index in [2.05, 4.69) is 16.4 Å². The van der Waals surface area contributed by atoms with Crippen LogP contribution in [0.5, 0.6) is 0 Å². The molecule has 4 heteroatoms.